The smallest absolute Gasteiger partial charge is 0.306 e. The van der Waals surface area contributed by atoms with Gasteiger partial charge in [-0.1, -0.05) is 230 Å². The molecule has 1 unspecified atom stereocenters. The molecule has 0 aromatic rings. The van der Waals surface area contributed by atoms with Crippen LogP contribution in [0.2, 0.25) is 0 Å². The molecule has 0 bridgehead atoms. The summed E-state index contributed by atoms with van der Waals surface area (Å²) in [6.45, 7) is 6.31. The Morgan fingerprint density at radius 2 is 0.520 bits per heavy atom. The van der Waals surface area contributed by atoms with E-state index in [2.05, 4.69) is 179 Å². The summed E-state index contributed by atoms with van der Waals surface area (Å²) in [5, 5.41) is 0. The summed E-state index contributed by atoms with van der Waals surface area (Å²) >= 11 is 0. The molecule has 0 aliphatic rings. The van der Waals surface area contributed by atoms with Crippen LogP contribution in [0.3, 0.4) is 0 Å². The summed E-state index contributed by atoms with van der Waals surface area (Å²) in [4.78, 5) is 38.3. The lowest BCUT2D eigenvalue weighted by molar-refractivity contribution is -0.167. The topological polar surface area (TPSA) is 78.9 Å². The fraction of sp³-hybridized carbons (Fsp3) is 0.580. The lowest BCUT2D eigenvalue weighted by Crippen LogP contribution is -2.30. The van der Waals surface area contributed by atoms with Gasteiger partial charge in [0.25, 0.3) is 0 Å². The Labute approximate surface area is 460 Å². The van der Waals surface area contributed by atoms with E-state index in [4.69, 9.17) is 14.2 Å². The Morgan fingerprint density at radius 3 is 0.827 bits per heavy atom. The van der Waals surface area contributed by atoms with Gasteiger partial charge in [0.2, 0.25) is 0 Å². The highest BCUT2D eigenvalue weighted by Crippen LogP contribution is 2.13. The standard InChI is InChI=1S/C69H108O6/c1-4-7-10-13-16-19-22-25-28-31-34-37-40-43-46-49-52-55-58-61-67(70)73-64-66(75-69(72)63-60-57-54-51-48-45-42-39-36-33-30-27-24-21-18-15-12-9-6-3)65-74-68(71)62-59-56-53-50-47-44-41-38-35-32-29-26-23-20-17-14-11-8-5-2/h7,9-10,12,16-21,25-30,34-39,43,45-46,48,66H,4-6,8,11,13-15,22-24,31-33,40-42,44,47,49-65H2,1-3H3/b10-7-,12-9-,19-16-,20-17-,21-18-,28-25-,29-26-,30-27-,37-34-,38-35-,39-36-,46-43-,48-45-. The molecule has 420 valence electrons. The molecule has 6 heteroatoms. The zero-order valence-corrected chi connectivity index (χ0v) is 48.0. The molecule has 0 N–H and O–H groups in total. The van der Waals surface area contributed by atoms with Gasteiger partial charge in [-0.05, 0) is 148 Å². The number of hydrogen-bond acceptors (Lipinski definition) is 6. The highest BCUT2D eigenvalue weighted by atomic mass is 16.6. The van der Waals surface area contributed by atoms with E-state index >= 15 is 0 Å². The number of carbonyl (C=O) groups excluding carboxylic acids is 3. The zero-order valence-electron chi connectivity index (χ0n) is 48.0. The molecule has 75 heavy (non-hydrogen) atoms. The Morgan fingerprint density at radius 1 is 0.280 bits per heavy atom. The monoisotopic (exact) mass is 1030 g/mol. The maximum absolute atomic E-state index is 12.9. The molecule has 0 rings (SSSR count). The van der Waals surface area contributed by atoms with Crippen molar-refractivity contribution in [1.82, 2.24) is 0 Å². The van der Waals surface area contributed by atoms with Gasteiger partial charge >= 0.3 is 17.9 Å². The van der Waals surface area contributed by atoms with E-state index in [1.165, 1.54) is 38.5 Å². The van der Waals surface area contributed by atoms with Crippen LogP contribution in [0, 0.1) is 0 Å². The number of rotatable bonds is 52. The Balaban J connectivity index is 4.58. The molecule has 0 heterocycles. The van der Waals surface area contributed by atoms with Crippen LogP contribution in [0.1, 0.15) is 239 Å². The molecule has 0 aliphatic carbocycles. The third kappa shape index (κ3) is 59.8. The minimum absolute atomic E-state index is 0.116. The fourth-order valence-corrected chi connectivity index (χ4v) is 7.56. The van der Waals surface area contributed by atoms with E-state index in [1.807, 2.05) is 0 Å². The quantitative estimate of drug-likeness (QED) is 0.0261. The molecular weight excluding hydrogens is 925 g/mol. The predicted octanol–water partition coefficient (Wildman–Crippen LogP) is 20.5. The van der Waals surface area contributed by atoms with Gasteiger partial charge in [-0.25, -0.2) is 0 Å². The van der Waals surface area contributed by atoms with Crippen LogP contribution in [-0.4, -0.2) is 37.2 Å². The SMILES string of the molecule is CC/C=C\C/C=C\C/C=C\C/C=C\C/C=C\CCCCCC(=O)OCC(COC(=O)CCCCCCCC/C=C\C/C=C\C/C=C\CCCCC)OC(=O)CCCCC/C=C\C/C=C\C/C=C\C/C=C\C/C=C\CC. The molecule has 0 saturated carbocycles. The van der Waals surface area contributed by atoms with E-state index in [1.54, 1.807) is 0 Å². The normalized spacial score (nSPS) is 13.3. The van der Waals surface area contributed by atoms with E-state index in [0.717, 1.165) is 154 Å². The van der Waals surface area contributed by atoms with Gasteiger partial charge in [0.05, 0.1) is 0 Å². The van der Waals surface area contributed by atoms with Crippen LogP contribution < -0.4 is 0 Å². The van der Waals surface area contributed by atoms with E-state index in [9.17, 15) is 14.4 Å². The second-order valence-corrected chi connectivity index (χ2v) is 19.1. The molecule has 0 aromatic carbocycles. The van der Waals surface area contributed by atoms with Gasteiger partial charge in [-0.15, -0.1) is 0 Å². The average molecular weight is 1030 g/mol. The van der Waals surface area contributed by atoms with Crippen molar-refractivity contribution in [2.45, 2.75) is 245 Å². The molecule has 0 aromatic heterocycles. The first-order valence-electron chi connectivity index (χ1n) is 30.0. The van der Waals surface area contributed by atoms with Crippen LogP contribution in [0.4, 0.5) is 0 Å². The molecule has 0 saturated heterocycles. The highest BCUT2D eigenvalue weighted by molar-refractivity contribution is 5.71. The van der Waals surface area contributed by atoms with Crippen LogP contribution in [0.5, 0.6) is 0 Å². The van der Waals surface area contributed by atoms with Gasteiger partial charge in [0.1, 0.15) is 13.2 Å². The molecule has 0 amide bonds. The van der Waals surface area contributed by atoms with Crippen LogP contribution >= 0.6 is 0 Å². The van der Waals surface area contributed by atoms with Crippen LogP contribution in [0.25, 0.3) is 0 Å². The van der Waals surface area contributed by atoms with Crippen molar-refractivity contribution in [3.8, 4) is 0 Å². The maximum atomic E-state index is 12.9. The van der Waals surface area contributed by atoms with Crippen molar-refractivity contribution in [3.05, 3.63) is 158 Å². The van der Waals surface area contributed by atoms with Gasteiger partial charge < -0.3 is 14.2 Å². The lowest BCUT2D eigenvalue weighted by atomic mass is 10.1. The second kappa shape index (κ2) is 61.6. The van der Waals surface area contributed by atoms with E-state index in [0.29, 0.717) is 19.3 Å². The van der Waals surface area contributed by atoms with Crippen LogP contribution in [-0.2, 0) is 28.6 Å². The van der Waals surface area contributed by atoms with Gasteiger partial charge in [0.15, 0.2) is 6.10 Å². The maximum Gasteiger partial charge on any atom is 0.306 e. The minimum atomic E-state index is -0.825. The third-order valence-corrected chi connectivity index (χ3v) is 12.0. The summed E-state index contributed by atoms with van der Waals surface area (Å²) in [7, 11) is 0. The summed E-state index contributed by atoms with van der Waals surface area (Å²) in [6, 6.07) is 0. The summed E-state index contributed by atoms with van der Waals surface area (Å²) in [5.74, 6) is -1.000. The van der Waals surface area contributed by atoms with Gasteiger partial charge in [0, 0.05) is 19.3 Å². The lowest BCUT2D eigenvalue weighted by Gasteiger charge is -2.18. The van der Waals surface area contributed by atoms with Crippen molar-refractivity contribution in [2.24, 2.45) is 0 Å². The summed E-state index contributed by atoms with van der Waals surface area (Å²) in [5.41, 5.74) is 0. The third-order valence-electron chi connectivity index (χ3n) is 12.0. The van der Waals surface area contributed by atoms with Crippen molar-refractivity contribution in [1.29, 1.82) is 0 Å². The van der Waals surface area contributed by atoms with Crippen molar-refractivity contribution in [3.63, 3.8) is 0 Å². The van der Waals surface area contributed by atoms with Crippen molar-refractivity contribution >= 4 is 17.9 Å². The van der Waals surface area contributed by atoms with Gasteiger partial charge in [-0.3, -0.25) is 14.4 Å². The van der Waals surface area contributed by atoms with Crippen LogP contribution in [0.15, 0.2) is 158 Å². The molecule has 6 nitrogen and oxygen atoms in total. The van der Waals surface area contributed by atoms with E-state index < -0.39 is 6.10 Å². The Hall–Kier alpha value is -4.97. The summed E-state index contributed by atoms with van der Waals surface area (Å²) in [6.07, 6.45) is 89.4. The summed E-state index contributed by atoms with van der Waals surface area (Å²) < 4.78 is 16.8. The number of esters is 3. The molecular formula is C69H108O6. The number of carbonyl (C=O) groups is 3. The average Bonchev–Trinajstić information content (AvgIpc) is 3.41. The second-order valence-electron chi connectivity index (χ2n) is 19.1. The molecule has 0 aliphatic heterocycles. The number of hydrogen-bond donors (Lipinski definition) is 0. The van der Waals surface area contributed by atoms with Gasteiger partial charge in [-0.2, -0.15) is 0 Å². The first kappa shape index (κ1) is 70.0. The number of unbranched alkanes of at least 4 members (excludes halogenated alkanes) is 15. The van der Waals surface area contributed by atoms with E-state index in [-0.39, 0.29) is 37.5 Å². The molecule has 0 fully saturated rings. The first-order chi connectivity index (χ1) is 37.0. The Bertz CT molecular complexity index is 1710. The molecule has 0 spiro atoms. The first-order valence-corrected chi connectivity index (χ1v) is 30.0. The zero-order chi connectivity index (χ0) is 54.3. The molecule has 0 radical (unpaired) electrons. The minimum Gasteiger partial charge on any atom is -0.462 e. The Kier molecular flexibility index (Phi) is 57.5. The van der Waals surface area contributed by atoms with Crippen molar-refractivity contribution in [2.75, 3.05) is 13.2 Å². The fourth-order valence-electron chi connectivity index (χ4n) is 7.56. The van der Waals surface area contributed by atoms with Crippen molar-refractivity contribution < 1.29 is 28.6 Å². The highest BCUT2D eigenvalue weighted by Gasteiger charge is 2.19. The molecule has 1 atom stereocenters. The number of ether oxygens (including phenoxy) is 3. The largest absolute Gasteiger partial charge is 0.462 e. The predicted molar refractivity (Wildman–Crippen MR) is 325 cm³/mol. The number of allylic oxidation sites excluding steroid dienone is 26.